The van der Waals surface area contributed by atoms with Gasteiger partial charge in [0, 0.05) is 9.79 Å². The average molecular weight is 440 g/mol. The molecule has 1 atom stereocenters. The summed E-state index contributed by atoms with van der Waals surface area (Å²) in [5.74, 6) is 0. The third-order valence-electron chi connectivity index (χ3n) is 4.16. The molecule has 4 heteroatoms. The Bertz CT molecular complexity index is 1060. The van der Waals surface area contributed by atoms with Gasteiger partial charge in [-0.1, -0.05) is 77.4 Å². The zero-order valence-corrected chi connectivity index (χ0v) is 18.0. The molecular weight excluding hydrogens is 423 g/mol. The lowest BCUT2D eigenvalue weighted by molar-refractivity contribution is 1.28. The van der Waals surface area contributed by atoms with Crippen LogP contribution >= 0.6 is 35.0 Å². The number of hydrogen-bond acceptors (Lipinski definition) is 1. The van der Waals surface area contributed by atoms with Gasteiger partial charge in [-0.05, 0) is 60.7 Å². The molecular formula is C24H17Cl2S2+. The van der Waals surface area contributed by atoms with Gasteiger partial charge in [0.1, 0.15) is 10.9 Å². The van der Waals surface area contributed by atoms with Gasteiger partial charge in [-0.3, -0.25) is 0 Å². The third-order valence-corrected chi connectivity index (χ3v) is 8.41. The number of halogens is 2. The van der Waals surface area contributed by atoms with Crippen molar-refractivity contribution in [2.24, 2.45) is 0 Å². The molecule has 1 unspecified atom stereocenters. The summed E-state index contributed by atoms with van der Waals surface area (Å²) in [5, 5.41) is 1.57. The molecule has 0 bridgehead atoms. The maximum Gasteiger partial charge on any atom is 0.185 e. The second kappa shape index (κ2) is 9.11. The van der Waals surface area contributed by atoms with Crippen LogP contribution in [-0.4, -0.2) is 0 Å². The van der Waals surface area contributed by atoms with Gasteiger partial charge in [-0.2, -0.15) is 0 Å². The van der Waals surface area contributed by atoms with Gasteiger partial charge in [-0.25, -0.2) is 0 Å². The van der Waals surface area contributed by atoms with Crippen LogP contribution in [0.2, 0.25) is 10.0 Å². The van der Waals surface area contributed by atoms with Crippen LogP contribution in [0.3, 0.4) is 0 Å². The molecule has 0 N–H and O–H groups in total. The number of benzene rings is 4. The lowest BCUT2D eigenvalue weighted by atomic mass is 10.3. The van der Waals surface area contributed by atoms with Crippen molar-refractivity contribution in [3.63, 3.8) is 0 Å². The second-order valence-electron chi connectivity index (χ2n) is 6.05. The fraction of sp³-hybridized carbons (Fsp3) is 0. The highest BCUT2D eigenvalue weighted by atomic mass is 35.5. The zero-order valence-electron chi connectivity index (χ0n) is 14.9. The molecule has 0 aliphatic rings. The van der Waals surface area contributed by atoms with Crippen molar-refractivity contribution in [1.29, 1.82) is 0 Å². The quantitative estimate of drug-likeness (QED) is 0.282. The lowest BCUT2D eigenvalue weighted by Gasteiger charge is -2.10. The largest absolute Gasteiger partial charge is 0.185 e. The van der Waals surface area contributed by atoms with Crippen LogP contribution in [0.5, 0.6) is 0 Å². The van der Waals surface area contributed by atoms with Gasteiger partial charge in [-0.15, -0.1) is 0 Å². The summed E-state index contributed by atoms with van der Waals surface area (Å²) in [6.45, 7) is 0. The molecule has 4 aromatic carbocycles. The fourth-order valence-electron chi connectivity index (χ4n) is 2.86. The first-order valence-electron chi connectivity index (χ1n) is 8.79. The van der Waals surface area contributed by atoms with Crippen molar-refractivity contribution in [1.82, 2.24) is 0 Å². The van der Waals surface area contributed by atoms with E-state index in [1.165, 1.54) is 9.79 Å². The van der Waals surface area contributed by atoms with Crippen molar-refractivity contribution in [3.05, 3.63) is 113 Å². The van der Waals surface area contributed by atoms with Crippen molar-refractivity contribution in [2.75, 3.05) is 0 Å². The van der Waals surface area contributed by atoms with Gasteiger partial charge >= 0.3 is 0 Å². The Morgan fingerprint density at radius 3 is 1.79 bits per heavy atom. The molecule has 138 valence electrons. The van der Waals surface area contributed by atoms with E-state index < -0.39 is 0 Å². The molecule has 0 heterocycles. The molecule has 28 heavy (non-hydrogen) atoms. The standard InChI is InChI=1S/C24H17Cl2S2/c25-21-10-4-6-12-23(21)27-18-14-16-20(17-15-18)28(19-8-2-1-3-9-19)24-13-7-5-11-22(24)26/h1-17H/q+1. The van der Waals surface area contributed by atoms with E-state index in [2.05, 4.69) is 54.6 Å². The first kappa shape index (κ1) is 19.5. The highest BCUT2D eigenvalue weighted by Crippen LogP contribution is 2.37. The Morgan fingerprint density at radius 1 is 0.536 bits per heavy atom. The molecule has 0 radical (unpaired) electrons. The molecule has 4 aromatic rings. The van der Waals surface area contributed by atoms with E-state index in [1.54, 1.807) is 11.8 Å². The third kappa shape index (κ3) is 4.42. The monoisotopic (exact) mass is 439 g/mol. The van der Waals surface area contributed by atoms with Gasteiger partial charge in [0.2, 0.25) is 0 Å². The Balaban J connectivity index is 1.70. The van der Waals surface area contributed by atoms with Gasteiger partial charge in [0.25, 0.3) is 0 Å². The Kier molecular flexibility index (Phi) is 6.33. The van der Waals surface area contributed by atoms with Crippen molar-refractivity contribution in [3.8, 4) is 0 Å². The normalized spacial score (nSPS) is 11.9. The molecule has 0 amide bonds. The molecule has 4 rings (SSSR count). The maximum absolute atomic E-state index is 6.56. The van der Waals surface area contributed by atoms with Crippen LogP contribution in [-0.2, 0) is 10.9 Å². The van der Waals surface area contributed by atoms with Crippen LogP contribution in [0.25, 0.3) is 0 Å². The minimum absolute atomic E-state index is 0.253. The fourth-order valence-corrected chi connectivity index (χ4v) is 6.41. The average Bonchev–Trinajstić information content (AvgIpc) is 2.73. The predicted octanol–water partition coefficient (Wildman–Crippen LogP) is 8.24. The number of rotatable bonds is 5. The minimum Gasteiger partial charge on any atom is -0.0885 e. The van der Waals surface area contributed by atoms with Crippen molar-refractivity contribution >= 4 is 45.9 Å². The molecule has 0 saturated carbocycles. The highest BCUT2D eigenvalue weighted by Gasteiger charge is 2.30. The molecule has 0 nitrogen and oxygen atoms in total. The van der Waals surface area contributed by atoms with Crippen LogP contribution in [0, 0.1) is 0 Å². The van der Waals surface area contributed by atoms with Crippen molar-refractivity contribution in [2.45, 2.75) is 24.5 Å². The molecule has 0 aliphatic heterocycles. The molecule has 0 aliphatic carbocycles. The van der Waals surface area contributed by atoms with Crippen LogP contribution in [0.1, 0.15) is 0 Å². The summed E-state index contributed by atoms with van der Waals surface area (Å²) in [7, 11) is -0.253. The summed E-state index contributed by atoms with van der Waals surface area (Å²) in [5.41, 5.74) is 0. The maximum atomic E-state index is 6.56. The molecule has 0 aromatic heterocycles. The van der Waals surface area contributed by atoms with E-state index in [0.717, 1.165) is 24.7 Å². The smallest absolute Gasteiger partial charge is 0.0885 e. The molecule has 0 spiro atoms. The van der Waals surface area contributed by atoms with Gasteiger partial charge in [0.15, 0.2) is 14.7 Å². The summed E-state index contributed by atoms with van der Waals surface area (Å²) < 4.78 is 0. The highest BCUT2D eigenvalue weighted by molar-refractivity contribution is 7.99. The summed E-state index contributed by atoms with van der Waals surface area (Å²) in [6.07, 6.45) is 0. The van der Waals surface area contributed by atoms with E-state index in [9.17, 15) is 0 Å². The van der Waals surface area contributed by atoms with Crippen LogP contribution in [0.15, 0.2) is 128 Å². The van der Waals surface area contributed by atoms with E-state index in [0.29, 0.717) is 0 Å². The van der Waals surface area contributed by atoms with E-state index >= 15 is 0 Å². The minimum atomic E-state index is -0.253. The van der Waals surface area contributed by atoms with Crippen LogP contribution in [0.4, 0.5) is 0 Å². The summed E-state index contributed by atoms with van der Waals surface area (Å²) in [4.78, 5) is 5.85. The lowest BCUT2D eigenvalue weighted by Crippen LogP contribution is -2.05. The summed E-state index contributed by atoms with van der Waals surface area (Å²) in [6, 6.07) is 35.2. The van der Waals surface area contributed by atoms with Crippen LogP contribution < -0.4 is 0 Å². The van der Waals surface area contributed by atoms with E-state index in [1.807, 2.05) is 48.5 Å². The van der Waals surface area contributed by atoms with Crippen molar-refractivity contribution < 1.29 is 0 Å². The second-order valence-corrected chi connectivity index (χ2v) is 9.98. The number of hydrogen-bond donors (Lipinski definition) is 0. The Morgan fingerprint density at radius 2 is 1.11 bits per heavy atom. The van der Waals surface area contributed by atoms with E-state index in [4.69, 9.17) is 23.2 Å². The van der Waals surface area contributed by atoms with E-state index in [-0.39, 0.29) is 10.9 Å². The Labute approximate surface area is 182 Å². The summed E-state index contributed by atoms with van der Waals surface area (Å²) >= 11 is 14.5. The topological polar surface area (TPSA) is 0 Å². The van der Waals surface area contributed by atoms with Gasteiger partial charge in [0.05, 0.1) is 10.0 Å². The predicted molar refractivity (Wildman–Crippen MR) is 122 cm³/mol. The first-order chi connectivity index (χ1) is 13.7. The Hall–Kier alpha value is -1.84. The first-order valence-corrected chi connectivity index (χ1v) is 11.6. The molecule has 0 fully saturated rings. The zero-order chi connectivity index (χ0) is 19.3. The molecule has 0 saturated heterocycles. The van der Waals surface area contributed by atoms with Gasteiger partial charge < -0.3 is 0 Å². The SMILES string of the molecule is Clc1ccccc1Sc1ccc([S+](c2ccccc2)c2ccccc2Cl)cc1.